The van der Waals surface area contributed by atoms with Gasteiger partial charge < -0.3 is 4.74 Å². The smallest absolute Gasteiger partial charge is 0.316 e. The topological polar surface area (TPSA) is 58.8 Å². The third-order valence-electron chi connectivity index (χ3n) is 1.48. The van der Waals surface area contributed by atoms with Crippen molar-refractivity contribution >= 4 is 0 Å². The quantitative estimate of drug-likeness (QED) is 0.648. The molecular weight excluding hydrogens is 154 g/mol. The van der Waals surface area contributed by atoms with Crippen LogP contribution in [0, 0.1) is 18.3 Å². The first-order valence-corrected chi connectivity index (χ1v) is 3.51. The van der Waals surface area contributed by atoms with E-state index in [0.717, 1.165) is 11.3 Å². The van der Waals surface area contributed by atoms with E-state index >= 15 is 0 Å². The van der Waals surface area contributed by atoms with Gasteiger partial charge in [-0.3, -0.25) is 0 Å². The van der Waals surface area contributed by atoms with Crippen molar-refractivity contribution in [1.29, 1.82) is 5.26 Å². The van der Waals surface area contributed by atoms with Gasteiger partial charge in [-0.1, -0.05) is 0 Å². The van der Waals surface area contributed by atoms with Gasteiger partial charge in [-0.25, -0.2) is 4.98 Å². The summed E-state index contributed by atoms with van der Waals surface area (Å²) in [6.45, 7) is 1.87. The van der Waals surface area contributed by atoms with Crippen molar-refractivity contribution in [2.24, 2.45) is 0 Å². The summed E-state index contributed by atoms with van der Waals surface area (Å²) >= 11 is 0. The van der Waals surface area contributed by atoms with Crippen LogP contribution in [0.5, 0.6) is 6.01 Å². The highest BCUT2D eigenvalue weighted by atomic mass is 16.5. The number of methoxy groups -OCH3 is 1. The van der Waals surface area contributed by atoms with Crippen molar-refractivity contribution in [3.8, 4) is 12.1 Å². The Morgan fingerprint density at radius 2 is 2.42 bits per heavy atom. The Bertz CT molecular complexity index is 317. The SMILES string of the molecule is COc1ncc(C)c(CC#N)n1. The molecule has 0 radical (unpaired) electrons. The number of rotatable bonds is 2. The number of hydrogen-bond acceptors (Lipinski definition) is 4. The molecule has 0 spiro atoms. The van der Waals surface area contributed by atoms with Gasteiger partial charge in [0.15, 0.2) is 0 Å². The maximum Gasteiger partial charge on any atom is 0.316 e. The standard InChI is InChI=1S/C8H9N3O/c1-6-5-10-8(12-2)11-7(6)3-4-9/h5H,3H2,1-2H3. The van der Waals surface area contributed by atoms with Crippen LogP contribution in [-0.2, 0) is 6.42 Å². The summed E-state index contributed by atoms with van der Waals surface area (Å²) in [5.41, 5.74) is 1.64. The average Bonchev–Trinajstić information content (AvgIpc) is 2.09. The van der Waals surface area contributed by atoms with E-state index in [4.69, 9.17) is 10.00 Å². The number of aryl methyl sites for hydroxylation is 1. The Hall–Kier alpha value is -1.63. The number of ether oxygens (including phenoxy) is 1. The van der Waals surface area contributed by atoms with Gasteiger partial charge >= 0.3 is 6.01 Å². The van der Waals surface area contributed by atoms with Gasteiger partial charge in [0.1, 0.15) is 0 Å². The fraction of sp³-hybridized carbons (Fsp3) is 0.375. The van der Waals surface area contributed by atoms with Gasteiger partial charge in [-0.15, -0.1) is 0 Å². The molecule has 0 unspecified atom stereocenters. The molecule has 1 aromatic rings. The first-order chi connectivity index (χ1) is 5.77. The average molecular weight is 163 g/mol. The van der Waals surface area contributed by atoms with E-state index in [0.29, 0.717) is 12.4 Å². The fourth-order valence-corrected chi connectivity index (χ4v) is 0.811. The van der Waals surface area contributed by atoms with E-state index in [2.05, 4.69) is 9.97 Å². The third kappa shape index (κ3) is 1.70. The van der Waals surface area contributed by atoms with E-state index in [1.165, 1.54) is 7.11 Å². The molecule has 1 rings (SSSR count). The zero-order valence-electron chi connectivity index (χ0n) is 7.03. The summed E-state index contributed by atoms with van der Waals surface area (Å²) in [6.07, 6.45) is 1.95. The Morgan fingerprint density at radius 1 is 1.67 bits per heavy atom. The molecule has 0 atom stereocenters. The van der Waals surface area contributed by atoms with E-state index in [9.17, 15) is 0 Å². The van der Waals surface area contributed by atoms with Crippen LogP contribution >= 0.6 is 0 Å². The molecule has 1 aromatic heterocycles. The highest BCUT2D eigenvalue weighted by Gasteiger charge is 2.02. The van der Waals surface area contributed by atoms with Crippen molar-refractivity contribution in [3.63, 3.8) is 0 Å². The summed E-state index contributed by atoms with van der Waals surface area (Å²) < 4.78 is 4.82. The molecule has 4 heteroatoms. The molecule has 4 nitrogen and oxygen atoms in total. The Morgan fingerprint density at radius 3 is 3.00 bits per heavy atom. The van der Waals surface area contributed by atoms with Crippen molar-refractivity contribution < 1.29 is 4.74 Å². The minimum Gasteiger partial charge on any atom is -0.467 e. The van der Waals surface area contributed by atoms with Gasteiger partial charge in [0.2, 0.25) is 0 Å². The molecule has 0 fully saturated rings. The molecule has 0 bridgehead atoms. The van der Waals surface area contributed by atoms with E-state index in [1.54, 1.807) is 6.20 Å². The Balaban J connectivity index is 3.01. The Kier molecular flexibility index (Phi) is 2.59. The van der Waals surface area contributed by atoms with E-state index < -0.39 is 0 Å². The van der Waals surface area contributed by atoms with E-state index in [1.807, 2.05) is 13.0 Å². The fourth-order valence-electron chi connectivity index (χ4n) is 0.811. The van der Waals surface area contributed by atoms with Crippen molar-refractivity contribution in [3.05, 3.63) is 17.5 Å². The minimum atomic E-state index is 0.296. The first-order valence-electron chi connectivity index (χ1n) is 3.51. The lowest BCUT2D eigenvalue weighted by atomic mass is 10.2. The highest BCUT2D eigenvalue weighted by molar-refractivity contribution is 5.20. The second-order valence-electron chi connectivity index (χ2n) is 2.32. The van der Waals surface area contributed by atoms with Crippen LogP contribution < -0.4 is 4.74 Å². The van der Waals surface area contributed by atoms with Gasteiger partial charge in [-0.2, -0.15) is 10.2 Å². The zero-order valence-corrected chi connectivity index (χ0v) is 7.03. The highest BCUT2D eigenvalue weighted by Crippen LogP contribution is 2.07. The van der Waals surface area contributed by atoms with Crippen LogP contribution in [0.3, 0.4) is 0 Å². The summed E-state index contributed by atoms with van der Waals surface area (Å²) in [6, 6.07) is 2.34. The molecule has 0 aliphatic rings. The molecule has 0 N–H and O–H groups in total. The van der Waals surface area contributed by atoms with Gasteiger partial charge in [-0.05, 0) is 12.5 Å². The van der Waals surface area contributed by atoms with Gasteiger partial charge in [0.05, 0.1) is 25.3 Å². The van der Waals surface area contributed by atoms with Crippen LogP contribution in [-0.4, -0.2) is 17.1 Å². The zero-order chi connectivity index (χ0) is 8.97. The number of nitrogens with zero attached hydrogens (tertiary/aromatic N) is 3. The summed E-state index contributed by atoms with van der Waals surface area (Å²) in [5, 5.41) is 8.46. The molecule has 12 heavy (non-hydrogen) atoms. The normalized spacial score (nSPS) is 9.08. The molecule has 0 saturated carbocycles. The molecular formula is C8H9N3O. The molecule has 62 valence electrons. The summed E-state index contributed by atoms with van der Waals surface area (Å²) in [5.74, 6) is 0. The van der Waals surface area contributed by atoms with Crippen molar-refractivity contribution in [1.82, 2.24) is 9.97 Å². The molecule has 0 amide bonds. The predicted octanol–water partition coefficient (Wildman–Crippen LogP) is 0.860. The Labute approximate surface area is 70.8 Å². The molecule has 0 aromatic carbocycles. The molecule has 1 heterocycles. The van der Waals surface area contributed by atoms with Gasteiger partial charge in [0, 0.05) is 6.20 Å². The molecule has 0 aliphatic carbocycles. The van der Waals surface area contributed by atoms with Crippen LogP contribution in [0.2, 0.25) is 0 Å². The minimum absolute atomic E-state index is 0.296. The summed E-state index contributed by atoms with van der Waals surface area (Å²) in [7, 11) is 1.50. The lowest BCUT2D eigenvalue weighted by Crippen LogP contribution is -1.98. The maximum absolute atomic E-state index is 8.46. The van der Waals surface area contributed by atoms with Gasteiger partial charge in [0.25, 0.3) is 0 Å². The maximum atomic E-state index is 8.46. The summed E-state index contributed by atoms with van der Waals surface area (Å²) in [4.78, 5) is 7.92. The largest absolute Gasteiger partial charge is 0.467 e. The first kappa shape index (κ1) is 8.47. The predicted molar refractivity (Wildman–Crippen MR) is 42.6 cm³/mol. The van der Waals surface area contributed by atoms with Crippen LogP contribution in [0.4, 0.5) is 0 Å². The number of hydrogen-bond donors (Lipinski definition) is 0. The monoisotopic (exact) mass is 163 g/mol. The number of nitriles is 1. The van der Waals surface area contributed by atoms with Crippen LogP contribution in [0.1, 0.15) is 11.3 Å². The lowest BCUT2D eigenvalue weighted by Gasteiger charge is -2.01. The van der Waals surface area contributed by atoms with Crippen molar-refractivity contribution in [2.45, 2.75) is 13.3 Å². The lowest BCUT2D eigenvalue weighted by molar-refractivity contribution is 0.378. The van der Waals surface area contributed by atoms with Crippen LogP contribution in [0.15, 0.2) is 6.20 Å². The second kappa shape index (κ2) is 3.67. The second-order valence-corrected chi connectivity index (χ2v) is 2.32. The molecule has 0 saturated heterocycles. The molecule has 0 aliphatic heterocycles. The van der Waals surface area contributed by atoms with Crippen LogP contribution in [0.25, 0.3) is 0 Å². The third-order valence-corrected chi connectivity index (χ3v) is 1.48. The van der Waals surface area contributed by atoms with Crippen molar-refractivity contribution in [2.75, 3.05) is 7.11 Å². The number of aromatic nitrogens is 2. The van der Waals surface area contributed by atoms with E-state index in [-0.39, 0.29) is 0 Å².